The Kier molecular flexibility index (Phi) is 7.83. The predicted octanol–water partition coefficient (Wildman–Crippen LogP) is 7.30. The molecule has 0 fully saturated rings. The third-order valence-electron chi connectivity index (χ3n) is 7.10. The van der Waals surface area contributed by atoms with Gasteiger partial charge in [-0.1, -0.05) is 32.6 Å². The van der Waals surface area contributed by atoms with Crippen LogP contribution >= 0.6 is 0 Å². The Labute approximate surface area is 219 Å². The highest BCUT2D eigenvalue weighted by molar-refractivity contribution is 6.02. The van der Waals surface area contributed by atoms with E-state index in [0.717, 1.165) is 64.8 Å². The number of benzene rings is 3. The molecule has 0 bridgehead atoms. The fourth-order valence-electron chi connectivity index (χ4n) is 4.99. The minimum Gasteiger partial charge on any atom is -0.497 e. The van der Waals surface area contributed by atoms with E-state index in [9.17, 15) is 0 Å². The molecule has 2 aliphatic rings. The summed E-state index contributed by atoms with van der Waals surface area (Å²) in [5.41, 5.74) is 4.24. The first kappa shape index (κ1) is 25.0. The van der Waals surface area contributed by atoms with Gasteiger partial charge in [0, 0.05) is 17.5 Å². The molecule has 6 heteroatoms. The highest BCUT2D eigenvalue weighted by Gasteiger charge is 2.41. The van der Waals surface area contributed by atoms with E-state index in [1.54, 1.807) is 14.2 Å². The van der Waals surface area contributed by atoms with Crippen molar-refractivity contribution in [2.75, 3.05) is 20.8 Å². The molecule has 0 radical (unpaired) electrons. The van der Waals surface area contributed by atoms with Gasteiger partial charge in [0.1, 0.15) is 23.0 Å². The molecule has 0 aromatic heterocycles. The zero-order valence-electron chi connectivity index (χ0n) is 22.0. The van der Waals surface area contributed by atoms with E-state index >= 15 is 0 Å². The summed E-state index contributed by atoms with van der Waals surface area (Å²) in [6, 6.07) is 22.4. The van der Waals surface area contributed by atoms with Crippen molar-refractivity contribution in [2.24, 2.45) is 5.10 Å². The van der Waals surface area contributed by atoms with Crippen molar-refractivity contribution in [2.45, 2.75) is 57.7 Å². The van der Waals surface area contributed by atoms with Crippen molar-refractivity contribution in [3.8, 4) is 23.0 Å². The van der Waals surface area contributed by atoms with Gasteiger partial charge in [-0.15, -0.1) is 0 Å². The van der Waals surface area contributed by atoms with Gasteiger partial charge in [-0.2, -0.15) is 5.10 Å². The molecule has 0 aliphatic carbocycles. The number of ether oxygens (including phenoxy) is 4. The molecule has 3 aromatic carbocycles. The average molecular weight is 501 g/mol. The maximum Gasteiger partial charge on any atom is 0.213 e. The fourth-order valence-corrected chi connectivity index (χ4v) is 4.99. The van der Waals surface area contributed by atoms with E-state index in [1.165, 1.54) is 25.7 Å². The van der Waals surface area contributed by atoms with E-state index in [-0.39, 0.29) is 12.3 Å². The van der Waals surface area contributed by atoms with Gasteiger partial charge in [0.05, 0.1) is 32.6 Å². The molecule has 0 spiro atoms. The van der Waals surface area contributed by atoms with Crippen LogP contribution in [0.5, 0.6) is 23.0 Å². The third kappa shape index (κ3) is 5.53. The number of nitrogens with zero attached hydrogens (tertiary/aromatic N) is 2. The lowest BCUT2D eigenvalue weighted by Crippen LogP contribution is -2.33. The molecule has 0 saturated heterocycles. The van der Waals surface area contributed by atoms with Crippen LogP contribution in [0.1, 0.15) is 74.4 Å². The summed E-state index contributed by atoms with van der Waals surface area (Å²) >= 11 is 0. The molecule has 5 rings (SSSR count). The summed E-state index contributed by atoms with van der Waals surface area (Å²) in [7, 11) is 3.37. The van der Waals surface area contributed by atoms with Crippen LogP contribution in [0.4, 0.5) is 0 Å². The topological polar surface area (TPSA) is 52.5 Å². The minimum absolute atomic E-state index is 0.0556. The van der Waals surface area contributed by atoms with Crippen molar-refractivity contribution in [1.29, 1.82) is 0 Å². The smallest absolute Gasteiger partial charge is 0.213 e. The van der Waals surface area contributed by atoms with E-state index in [2.05, 4.69) is 42.3 Å². The molecule has 2 aliphatic heterocycles. The van der Waals surface area contributed by atoms with Crippen LogP contribution in [-0.2, 0) is 0 Å². The van der Waals surface area contributed by atoms with E-state index in [0.29, 0.717) is 0 Å². The second-order valence-electron chi connectivity index (χ2n) is 9.58. The third-order valence-corrected chi connectivity index (χ3v) is 7.10. The number of rotatable bonds is 11. The number of hydrazone groups is 1. The van der Waals surface area contributed by atoms with E-state index in [4.69, 9.17) is 24.0 Å². The lowest BCUT2D eigenvalue weighted by Gasteiger charge is -2.38. The lowest BCUT2D eigenvalue weighted by atomic mass is 9.95. The zero-order chi connectivity index (χ0) is 25.6. The monoisotopic (exact) mass is 500 g/mol. The number of fused-ring (bicyclic) bond motifs is 3. The summed E-state index contributed by atoms with van der Waals surface area (Å²) in [6.45, 7) is 2.99. The van der Waals surface area contributed by atoms with Gasteiger partial charge in [0.15, 0.2) is 0 Å². The van der Waals surface area contributed by atoms with Gasteiger partial charge < -0.3 is 18.9 Å². The predicted molar refractivity (Wildman–Crippen MR) is 146 cm³/mol. The molecule has 0 amide bonds. The van der Waals surface area contributed by atoms with Gasteiger partial charge in [-0.05, 0) is 78.7 Å². The Balaban J connectivity index is 1.37. The van der Waals surface area contributed by atoms with Crippen molar-refractivity contribution in [3.63, 3.8) is 0 Å². The molecule has 2 atom stereocenters. The van der Waals surface area contributed by atoms with Gasteiger partial charge in [0.2, 0.25) is 6.23 Å². The van der Waals surface area contributed by atoms with Crippen LogP contribution in [0, 0.1) is 0 Å². The first-order valence-corrected chi connectivity index (χ1v) is 13.3. The lowest BCUT2D eigenvalue weighted by molar-refractivity contribution is -0.0191. The fraction of sp³-hybridized carbons (Fsp3) is 0.387. The highest BCUT2D eigenvalue weighted by Crippen LogP contribution is 2.48. The zero-order valence-corrected chi connectivity index (χ0v) is 22.0. The van der Waals surface area contributed by atoms with Crippen LogP contribution in [0.3, 0.4) is 0 Å². The molecular weight excluding hydrogens is 464 g/mol. The summed E-state index contributed by atoms with van der Waals surface area (Å²) < 4.78 is 23.4. The standard InChI is InChI=1S/C31H36N2O4/c1-4-5-6-7-8-19-36-25-15-11-23(12-16-25)31-33-29(27-20-26(35-3)17-18-30(27)37-31)21-28(32-33)22-9-13-24(34-2)14-10-22/h9-18,20,29,31H,4-8,19,21H2,1-3H3/t29-,31+/m1/s1. The molecule has 0 N–H and O–H groups in total. The Morgan fingerprint density at radius 2 is 1.54 bits per heavy atom. The second-order valence-corrected chi connectivity index (χ2v) is 9.58. The summed E-state index contributed by atoms with van der Waals surface area (Å²) in [6.07, 6.45) is 6.60. The maximum atomic E-state index is 6.53. The maximum absolute atomic E-state index is 6.53. The summed E-state index contributed by atoms with van der Waals surface area (Å²) in [4.78, 5) is 0. The van der Waals surface area contributed by atoms with Crippen LogP contribution < -0.4 is 18.9 Å². The summed E-state index contributed by atoms with van der Waals surface area (Å²) in [5, 5.41) is 7.16. The molecule has 0 unspecified atom stereocenters. The van der Waals surface area contributed by atoms with Gasteiger partial charge in [0.25, 0.3) is 0 Å². The van der Waals surface area contributed by atoms with Crippen LogP contribution in [0.15, 0.2) is 71.8 Å². The van der Waals surface area contributed by atoms with Crippen molar-refractivity contribution >= 4 is 5.71 Å². The first-order chi connectivity index (χ1) is 18.2. The van der Waals surface area contributed by atoms with E-state index in [1.807, 2.05) is 36.4 Å². The van der Waals surface area contributed by atoms with Crippen molar-refractivity contribution in [3.05, 3.63) is 83.4 Å². The Morgan fingerprint density at radius 3 is 2.27 bits per heavy atom. The Morgan fingerprint density at radius 1 is 0.838 bits per heavy atom. The average Bonchev–Trinajstić information content (AvgIpc) is 3.40. The largest absolute Gasteiger partial charge is 0.497 e. The summed E-state index contributed by atoms with van der Waals surface area (Å²) in [5.74, 6) is 3.40. The number of hydrogen-bond acceptors (Lipinski definition) is 6. The molecule has 3 aromatic rings. The van der Waals surface area contributed by atoms with E-state index < -0.39 is 0 Å². The van der Waals surface area contributed by atoms with Gasteiger partial charge in [-0.3, -0.25) is 0 Å². The normalized spacial score (nSPS) is 17.9. The molecular formula is C31H36N2O4. The quantitative estimate of drug-likeness (QED) is 0.259. The number of methoxy groups -OCH3 is 2. The molecule has 194 valence electrons. The molecule has 37 heavy (non-hydrogen) atoms. The molecule has 6 nitrogen and oxygen atoms in total. The van der Waals surface area contributed by atoms with Crippen LogP contribution in [0.2, 0.25) is 0 Å². The van der Waals surface area contributed by atoms with Crippen molar-refractivity contribution in [1.82, 2.24) is 5.01 Å². The number of hydrogen-bond donors (Lipinski definition) is 0. The Bertz CT molecular complexity index is 1210. The van der Waals surface area contributed by atoms with Crippen LogP contribution in [0.25, 0.3) is 0 Å². The second kappa shape index (κ2) is 11.6. The van der Waals surface area contributed by atoms with Crippen molar-refractivity contribution < 1.29 is 18.9 Å². The minimum atomic E-state index is -0.329. The molecule has 2 heterocycles. The van der Waals surface area contributed by atoms with Crippen LogP contribution in [-0.4, -0.2) is 31.5 Å². The highest BCUT2D eigenvalue weighted by atomic mass is 16.5. The first-order valence-electron chi connectivity index (χ1n) is 13.3. The van der Waals surface area contributed by atoms with Gasteiger partial charge >= 0.3 is 0 Å². The number of unbranched alkanes of at least 4 members (excludes halogenated alkanes) is 4. The molecule has 0 saturated carbocycles. The SMILES string of the molecule is CCCCCCCOc1ccc([C@@H]2Oc3ccc(OC)cc3[C@H]3CC(c4ccc(OC)cc4)=NN32)cc1. The van der Waals surface area contributed by atoms with Gasteiger partial charge in [-0.25, -0.2) is 5.01 Å². The Hall–Kier alpha value is -3.67.